The summed E-state index contributed by atoms with van der Waals surface area (Å²) in [6, 6.07) is 10.8. The van der Waals surface area contributed by atoms with Crippen LogP contribution in [0.3, 0.4) is 0 Å². The van der Waals surface area contributed by atoms with Gasteiger partial charge in [0.1, 0.15) is 5.82 Å². The van der Waals surface area contributed by atoms with Gasteiger partial charge in [0.25, 0.3) is 0 Å². The van der Waals surface area contributed by atoms with E-state index in [2.05, 4.69) is 54.9 Å². The molecule has 1 aromatic heterocycles. The third-order valence-electron chi connectivity index (χ3n) is 4.91. The highest BCUT2D eigenvalue weighted by atomic mass is 15.1. The first-order valence-electron chi connectivity index (χ1n) is 10.4. The molecule has 0 N–H and O–H groups in total. The maximum absolute atomic E-state index is 4.98. The first-order chi connectivity index (χ1) is 12.3. The van der Waals surface area contributed by atoms with E-state index in [4.69, 9.17) is 4.98 Å². The third-order valence-corrected chi connectivity index (χ3v) is 4.91. The molecule has 0 unspecified atom stereocenters. The number of benzene rings is 1. The summed E-state index contributed by atoms with van der Waals surface area (Å²) in [5.41, 5.74) is 2.72. The molecule has 0 aliphatic heterocycles. The van der Waals surface area contributed by atoms with Crippen LogP contribution in [0.5, 0.6) is 0 Å². The molecule has 1 heterocycles. The Labute approximate surface area is 154 Å². The predicted octanol–water partition coefficient (Wildman–Crippen LogP) is 6.37. The molecule has 0 aliphatic carbocycles. The Morgan fingerprint density at radius 3 is 2.28 bits per heavy atom. The first-order valence-corrected chi connectivity index (χ1v) is 10.4. The van der Waals surface area contributed by atoms with Gasteiger partial charge >= 0.3 is 0 Å². The van der Waals surface area contributed by atoms with E-state index >= 15 is 0 Å². The zero-order valence-corrected chi connectivity index (χ0v) is 16.3. The molecule has 0 fully saturated rings. The van der Waals surface area contributed by atoms with Crippen molar-refractivity contribution in [1.82, 2.24) is 9.55 Å². The van der Waals surface area contributed by atoms with Crippen molar-refractivity contribution in [3.05, 3.63) is 53.6 Å². The lowest BCUT2D eigenvalue weighted by Gasteiger charge is -2.06. The van der Waals surface area contributed by atoms with E-state index in [0.29, 0.717) is 0 Å². The maximum atomic E-state index is 4.98. The molecule has 0 radical (unpaired) electrons. The van der Waals surface area contributed by atoms with Crippen LogP contribution in [0.1, 0.15) is 82.3 Å². The molecule has 0 bridgehead atoms. The molecular formula is C23H36N2. The molecule has 0 spiro atoms. The Kier molecular flexibility index (Phi) is 9.40. The highest BCUT2D eigenvalue weighted by molar-refractivity contribution is 5.15. The van der Waals surface area contributed by atoms with Crippen LogP contribution in [0.2, 0.25) is 0 Å². The van der Waals surface area contributed by atoms with Gasteiger partial charge in [-0.2, -0.15) is 0 Å². The van der Waals surface area contributed by atoms with Crippen molar-refractivity contribution in [2.75, 3.05) is 0 Å². The maximum Gasteiger partial charge on any atom is 0.108 e. The number of hydrogen-bond donors (Lipinski definition) is 0. The van der Waals surface area contributed by atoms with Crippen LogP contribution in [0.15, 0.2) is 36.5 Å². The van der Waals surface area contributed by atoms with Crippen LogP contribution in [0.25, 0.3) is 0 Å². The largest absolute Gasteiger partial charge is 0.335 e. The smallest absolute Gasteiger partial charge is 0.108 e. The monoisotopic (exact) mass is 340 g/mol. The van der Waals surface area contributed by atoms with Gasteiger partial charge in [0, 0.05) is 19.2 Å². The summed E-state index contributed by atoms with van der Waals surface area (Å²) in [6.45, 7) is 5.67. The minimum Gasteiger partial charge on any atom is -0.335 e. The van der Waals surface area contributed by atoms with E-state index in [0.717, 1.165) is 25.8 Å². The summed E-state index contributed by atoms with van der Waals surface area (Å²) in [6.07, 6.45) is 16.1. The molecule has 2 aromatic rings. The average molecular weight is 341 g/mol. The summed E-state index contributed by atoms with van der Waals surface area (Å²) in [4.78, 5) is 4.98. The van der Waals surface area contributed by atoms with E-state index < -0.39 is 0 Å². The SMILES string of the molecule is CCCCCCCc1nc(CCCc2ccccc2)cn1CCCC. The van der Waals surface area contributed by atoms with Crippen LogP contribution >= 0.6 is 0 Å². The van der Waals surface area contributed by atoms with Gasteiger partial charge in [-0.1, -0.05) is 76.3 Å². The second-order valence-electron chi connectivity index (χ2n) is 7.20. The average Bonchev–Trinajstić information content (AvgIpc) is 3.02. The highest BCUT2D eigenvalue weighted by Gasteiger charge is 2.08. The molecule has 0 aliphatic rings. The van der Waals surface area contributed by atoms with E-state index in [-0.39, 0.29) is 0 Å². The predicted molar refractivity (Wildman–Crippen MR) is 108 cm³/mol. The number of imidazole rings is 1. The Morgan fingerprint density at radius 1 is 0.760 bits per heavy atom. The molecule has 0 atom stereocenters. The molecule has 1 aromatic carbocycles. The van der Waals surface area contributed by atoms with Crippen LogP contribution in [-0.2, 0) is 25.8 Å². The minimum absolute atomic E-state index is 1.09. The van der Waals surface area contributed by atoms with E-state index in [1.54, 1.807) is 0 Å². The van der Waals surface area contributed by atoms with Gasteiger partial charge in [0.2, 0.25) is 0 Å². The van der Waals surface area contributed by atoms with Gasteiger partial charge < -0.3 is 4.57 Å². The molecule has 25 heavy (non-hydrogen) atoms. The molecule has 2 rings (SSSR count). The zero-order valence-electron chi connectivity index (χ0n) is 16.3. The van der Waals surface area contributed by atoms with Gasteiger partial charge in [0.15, 0.2) is 0 Å². The van der Waals surface area contributed by atoms with Crippen molar-refractivity contribution in [1.29, 1.82) is 0 Å². The Hall–Kier alpha value is -1.57. The second kappa shape index (κ2) is 11.9. The van der Waals surface area contributed by atoms with E-state index in [1.807, 2.05) is 0 Å². The number of aryl methyl sites for hydroxylation is 4. The highest BCUT2D eigenvalue weighted by Crippen LogP contribution is 2.13. The third kappa shape index (κ3) is 7.46. The van der Waals surface area contributed by atoms with Crippen LogP contribution < -0.4 is 0 Å². The minimum atomic E-state index is 1.09. The van der Waals surface area contributed by atoms with Crippen LogP contribution in [-0.4, -0.2) is 9.55 Å². The number of hydrogen-bond acceptors (Lipinski definition) is 1. The van der Waals surface area contributed by atoms with Crippen molar-refractivity contribution >= 4 is 0 Å². The van der Waals surface area contributed by atoms with E-state index in [1.165, 1.54) is 68.4 Å². The van der Waals surface area contributed by atoms with Crippen molar-refractivity contribution < 1.29 is 0 Å². The van der Waals surface area contributed by atoms with Crippen molar-refractivity contribution in [3.63, 3.8) is 0 Å². The van der Waals surface area contributed by atoms with E-state index in [9.17, 15) is 0 Å². The number of nitrogens with zero attached hydrogens (tertiary/aromatic N) is 2. The number of unbranched alkanes of at least 4 members (excludes halogenated alkanes) is 5. The van der Waals surface area contributed by atoms with Crippen molar-refractivity contribution in [2.24, 2.45) is 0 Å². The fraction of sp³-hybridized carbons (Fsp3) is 0.609. The van der Waals surface area contributed by atoms with Crippen LogP contribution in [0, 0.1) is 0 Å². The normalized spacial score (nSPS) is 11.1. The topological polar surface area (TPSA) is 17.8 Å². The van der Waals surface area contributed by atoms with Crippen molar-refractivity contribution in [3.8, 4) is 0 Å². The lowest BCUT2D eigenvalue weighted by molar-refractivity contribution is 0.573. The summed E-state index contributed by atoms with van der Waals surface area (Å²) in [7, 11) is 0. The summed E-state index contributed by atoms with van der Waals surface area (Å²) in [5.74, 6) is 1.32. The Morgan fingerprint density at radius 2 is 1.52 bits per heavy atom. The lowest BCUT2D eigenvalue weighted by atomic mass is 10.1. The fourth-order valence-corrected chi connectivity index (χ4v) is 3.36. The van der Waals surface area contributed by atoms with Crippen LogP contribution in [0.4, 0.5) is 0 Å². The summed E-state index contributed by atoms with van der Waals surface area (Å²) < 4.78 is 2.43. The molecule has 138 valence electrons. The number of aromatic nitrogens is 2. The Bertz CT molecular complexity index is 571. The molecule has 0 saturated carbocycles. The standard InChI is InChI=1S/C23H36N2/c1-3-5-7-8-12-18-23-24-22(20-25(23)19-6-4-2)17-13-16-21-14-10-9-11-15-21/h9-11,14-15,20H,3-8,12-13,16-19H2,1-2H3. The van der Waals surface area contributed by atoms with Crippen molar-refractivity contribution in [2.45, 2.75) is 91.0 Å². The first kappa shape index (κ1) is 19.8. The quantitative estimate of drug-likeness (QED) is 0.387. The lowest BCUT2D eigenvalue weighted by Crippen LogP contribution is -2.03. The van der Waals surface area contributed by atoms with Gasteiger partial charge in [-0.25, -0.2) is 4.98 Å². The van der Waals surface area contributed by atoms with Gasteiger partial charge in [-0.15, -0.1) is 0 Å². The Balaban J connectivity index is 1.84. The fourth-order valence-electron chi connectivity index (χ4n) is 3.36. The van der Waals surface area contributed by atoms with Gasteiger partial charge in [0.05, 0.1) is 5.69 Å². The molecule has 0 amide bonds. The summed E-state index contributed by atoms with van der Waals surface area (Å²) >= 11 is 0. The molecule has 2 heteroatoms. The molecule has 0 saturated heterocycles. The second-order valence-corrected chi connectivity index (χ2v) is 7.20. The number of rotatable bonds is 13. The summed E-state index contributed by atoms with van der Waals surface area (Å²) in [5, 5.41) is 0. The molecular weight excluding hydrogens is 304 g/mol. The van der Waals surface area contributed by atoms with Gasteiger partial charge in [-0.3, -0.25) is 0 Å². The van der Waals surface area contributed by atoms with Gasteiger partial charge in [-0.05, 0) is 37.7 Å². The molecule has 2 nitrogen and oxygen atoms in total. The zero-order chi connectivity index (χ0) is 17.7.